The zero-order valence-corrected chi connectivity index (χ0v) is 16.4. The monoisotopic (exact) mass is 418 g/mol. The van der Waals surface area contributed by atoms with Crippen molar-refractivity contribution in [2.24, 2.45) is 0 Å². The van der Waals surface area contributed by atoms with Crippen molar-refractivity contribution in [3.63, 3.8) is 0 Å². The highest BCUT2D eigenvalue weighted by Gasteiger charge is 2.28. The van der Waals surface area contributed by atoms with Crippen molar-refractivity contribution >= 4 is 5.91 Å². The summed E-state index contributed by atoms with van der Waals surface area (Å²) < 4.78 is 16.6. The van der Waals surface area contributed by atoms with Crippen LogP contribution in [0.1, 0.15) is 29.0 Å². The van der Waals surface area contributed by atoms with Crippen LogP contribution < -0.4 is 14.2 Å². The summed E-state index contributed by atoms with van der Waals surface area (Å²) in [5, 5.41) is 16.3. The summed E-state index contributed by atoms with van der Waals surface area (Å²) >= 11 is 0. The minimum atomic E-state index is -0.266. The molecule has 0 radical (unpaired) electrons. The van der Waals surface area contributed by atoms with Crippen LogP contribution in [0.15, 0.2) is 36.7 Å². The van der Waals surface area contributed by atoms with E-state index in [1.807, 2.05) is 24.3 Å². The van der Waals surface area contributed by atoms with Crippen LogP contribution in [0.2, 0.25) is 0 Å². The third-order valence-corrected chi connectivity index (χ3v) is 5.19. The second-order valence-electron chi connectivity index (χ2n) is 7.19. The number of hydrogen-bond donors (Lipinski definition) is 1. The number of carbonyl (C=O) groups is 1. The van der Waals surface area contributed by atoms with Crippen molar-refractivity contribution in [2.75, 3.05) is 19.9 Å². The molecule has 10 heteroatoms. The third-order valence-electron chi connectivity index (χ3n) is 5.19. The fraction of sp³-hybridized carbons (Fsp3) is 0.286. The number of nitrogens with zero attached hydrogens (tertiary/aromatic N) is 5. The van der Waals surface area contributed by atoms with E-state index in [4.69, 9.17) is 19.5 Å². The van der Waals surface area contributed by atoms with Gasteiger partial charge in [0.05, 0.1) is 12.2 Å². The van der Waals surface area contributed by atoms with Gasteiger partial charge in [-0.15, -0.1) is 0 Å². The Bertz CT molecular complexity index is 1170. The van der Waals surface area contributed by atoms with Crippen LogP contribution in [0.5, 0.6) is 17.4 Å². The Morgan fingerprint density at radius 2 is 2.10 bits per heavy atom. The van der Waals surface area contributed by atoms with Gasteiger partial charge in [0.25, 0.3) is 11.8 Å². The average Bonchev–Trinajstić information content (AvgIpc) is 3.48. The van der Waals surface area contributed by atoms with E-state index in [0.717, 1.165) is 18.4 Å². The summed E-state index contributed by atoms with van der Waals surface area (Å²) in [6.45, 7) is 1.20. The van der Waals surface area contributed by atoms with Gasteiger partial charge < -0.3 is 19.1 Å². The van der Waals surface area contributed by atoms with Gasteiger partial charge in [0, 0.05) is 24.5 Å². The molecule has 4 heterocycles. The number of likely N-dealkylation sites (tertiary alicyclic amines) is 1. The molecule has 31 heavy (non-hydrogen) atoms. The maximum absolute atomic E-state index is 13.0. The molecule has 0 bridgehead atoms. The summed E-state index contributed by atoms with van der Waals surface area (Å²) in [4.78, 5) is 22.8. The van der Waals surface area contributed by atoms with E-state index in [1.165, 1.54) is 12.4 Å². The van der Waals surface area contributed by atoms with Gasteiger partial charge in [-0.05, 0) is 37.1 Å². The number of rotatable bonds is 4. The molecule has 1 unspecified atom stereocenters. The Hall–Kier alpha value is -4.13. The summed E-state index contributed by atoms with van der Waals surface area (Å²) in [7, 11) is 0. The predicted octanol–water partition coefficient (Wildman–Crippen LogP) is 2.15. The molecule has 1 N–H and O–H groups in total. The Morgan fingerprint density at radius 1 is 1.23 bits per heavy atom. The number of amides is 1. The number of hydrogen-bond acceptors (Lipinski definition) is 8. The number of benzene rings is 1. The second-order valence-corrected chi connectivity index (χ2v) is 7.19. The first-order valence-corrected chi connectivity index (χ1v) is 9.84. The lowest BCUT2D eigenvalue weighted by Gasteiger charge is -2.32. The quantitative estimate of drug-likeness (QED) is 0.683. The van der Waals surface area contributed by atoms with E-state index in [9.17, 15) is 4.79 Å². The number of nitriles is 1. The molecule has 1 fully saturated rings. The van der Waals surface area contributed by atoms with E-state index >= 15 is 0 Å². The Balaban J connectivity index is 1.29. The Morgan fingerprint density at radius 3 is 3.00 bits per heavy atom. The molecule has 5 rings (SSSR count). The molecule has 2 aromatic heterocycles. The van der Waals surface area contributed by atoms with Crippen LogP contribution in [0.25, 0.3) is 11.3 Å². The molecule has 0 spiro atoms. The summed E-state index contributed by atoms with van der Waals surface area (Å²) in [6, 6.07) is 9.22. The van der Waals surface area contributed by atoms with Gasteiger partial charge in [0.15, 0.2) is 11.5 Å². The van der Waals surface area contributed by atoms with Crippen molar-refractivity contribution in [1.82, 2.24) is 25.1 Å². The lowest BCUT2D eigenvalue weighted by atomic mass is 10.1. The van der Waals surface area contributed by atoms with Crippen LogP contribution in [0, 0.1) is 11.3 Å². The van der Waals surface area contributed by atoms with Crippen LogP contribution in [0.4, 0.5) is 0 Å². The van der Waals surface area contributed by atoms with Gasteiger partial charge in [0.2, 0.25) is 12.5 Å². The summed E-state index contributed by atoms with van der Waals surface area (Å²) in [5.74, 6) is 1.38. The number of aromatic nitrogens is 4. The molecule has 10 nitrogen and oxygen atoms in total. The zero-order chi connectivity index (χ0) is 21.2. The van der Waals surface area contributed by atoms with E-state index < -0.39 is 0 Å². The number of aromatic amines is 1. The number of piperidine rings is 1. The normalized spacial score (nSPS) is 17.3. The van der Waals surface area contributed by atoms with Crippen molar-refractivity contribution in [1.29, 1.82) is 5.26 Å². The molecule has 2 aliphatic rings. The number of fused-ring (bicyclic) bond motifs is 1. The molecule has 0 aliphatic carbocycles. The lowest BCUT2D eigenvalue weighted by Crippen LogP contribution is -2.44. The van der Waals surface area contributed by atoms with Crippen molar-refractivity contribution in [3.05, 3.63) is 48.0 Å². The number of carbonyl (C=O) groups excluding carboxylic acids is 1. The fourth-order valence-electron chi connectivity index (χ4n) is 3.67. The standard InChI is InChI=1S/C21H18N6O4/c22-10-17-20(24-6-5-23-17)31-14-2-1-7-27(11-14)21(28)16-9-15(25-26-16)13-3-4-18-19(8-13)30-12-29-18/h3-6,8-9,14H,1-2,7,11-12H2,(H,25,26). The number of ether oxygens (including phenoxy) is 3. The predicted molar refractivity (Wildman–Crippen MR) is 106 cm³/mol. The highest BCUT2D eigenvalue weighted by Crippen LogP contribution is 2.35. The number of nitrogens with one attached hydrogen (secondary N) is 1. The SMILES string of the molecule is N#Cc1nccnc1OC1CCCN(C(=O)c2cc(-c3ccc4c(c3)OCO4)n[nH]2)C1. The van der Waals surface area contributed by atoms with Gasteiger partial charge in [-0.2, -0.15) is 10.4 Å². The Labute approximate surface area is 177 Å². The average molecular weight is 418 g/mol. The first-order valence-electron chi connectivity index (χ1n) is 9.84. The maximum Gasteiger partial charge on any atom is 0.272 e. The van der Waals surface area contributed by atoms with Crippen LogP contribution in [-0.4, -0.2) is 57.0 Å². The van der Waals surface area contributed by atoms with Crippen LogP contribution in [0.3, 0.4) is 0 Å². The third kappa shape index (κ3) is 3.73. The zero-order valence-electron chi connectivity index (χ0n) is 16.4. The summed E-state index contributed by atoms with van der Waals surface area (Å²) in [6.07, 6.45) is 4.19. The molecule has 2 aliphatic heterocycles. The smallest absolute Gasteiger partial charge is 0.272 e. The van der Waals surface area contributed by atoms with E-state index in [2.05, 4.69) is 20.2 Å². The molecular weight excluding hydrogens is 400 g/mol. The highest BCUT2D eigenvalue weighted by molar-refractivity contribution is 5.93. The van der Waals surface area contributed by atoms with Gasteiger partial charge in [-0.1, -0.05) is 0 Å². The van der Waals surface area contributed by atoms with Crippen molar-refractivity contribution < 1.29 is 19.0 Å². The molecule has 3 aromatic rings. The largest absolute Gasteiger partial charge is 0.470 e. The summed E-state index contributed by atoms with van der Waals surface area (Å²) in [5.41, 5.74) is 1.99. The van der Waals surface area contributed by atoms with Crippen LogP contribution >= 0.6 is 0 Å². The first kappa shape index (κ1) is 18.9. The van der Waals surface area contributed by atoms with Crippen molar-refractivity contribution in [2.45, 2.75) is 18.9 Å². The van der Waals surface area contributed by atoms with E-state index in [1.54, 1.807) is 11.0 Å². The molecule has 0 saturated carbocycles. The van der Waals surface area contributed by atoms with Gasteiger partial charge >= 0.3 is 0 Å². The van der Waals surface area contributed by atoms with E-state index in [0.29, 0.717) is 36.0 Å². The minimum absolute atomic E-state index is 0.132. The molecule has 1 saturated heterocycles. The minimum Gasteiger partial charge on any atom is -0.470 e. The maximum atomic E-state index is 13.0. The highest BCUT2D eigenvalue weighted by atomic mass is 16.7. The van der Waals surface area contributed by atoms with Gasteiger partial charge in [-0.25, -0.2) is 9.97 Å². The molecule has 1 aromatic carbocycles. The van der Waals surface area contributed by atoms with E-state index in [-0.39, 0.29) is 30.4 Å². The topological polar surface area (TPSA) is 126 Å². The molecular formula is C21H18N6O4. The molecule has 156 valence electrons. The van der Waals surface area contributed by atoms with Crippen LogP contribution in [-0.2, 0) is 0 Å². The van der Waals surface area contributed by atoms with Gasteiger partial charge in [-0.3, -0.25) is 9.89 Å². The fourth-order valence-corrected chi connectivity index (χ4v) is 3.67. The Kier molecular flexibility index (Phi) is 4.84. The number of H-pyrrole nitrogens is 1. The second kappa shape index (κ2) is 7.95. The lowest BCUT2D eigenvalue weighted by molar-refractivity contribution is 0.0521. The molecule has 1 atom stereocenters. The van der Waals surface area contributed by atoms with Crippen molar-refractivity contribution in [3.8, 4) is 34.7 Å². The molecule has 1 amide bonds. The first-order chi connectivity index (χ1) is 15.2. The van der Waals surface area contributed by atoms with Gasteiger partial charge in [0.1, 0.15) is 17.9 Å².